The van der Waals surface area contributed by atoms with Crippen LogP contribution >= 0.6 is 0 Å². The summed E-state index contributed by atoms with van der Waals surface area (Å²) in [6, 6.07) is 0.612. The van der Waals surface area contributed by atoms with Crippen LogP contribution in [0.25, 0.3) is 0 Å². The summed E-state index contributed by atoms with van der Waals surface area (Å²) in [7, 11) is 0. The standard InChI is InChI=1S/C23H42N2/c1-15(25-14-17-8-20-11-21(9-17)23(20,4)5)12-24-13-16-6-18-10-19(7-16)22(18,2)3/h15-21,24-25H,6-14H2,1-5H3. The Bertz CT molecular complexity index is 454. The van der Waals surface area contributed by atoms with Gasteiger partial charge in [0, 0.05) is 12.6 Å². The van der Waals surface area contributed by atoms with Gasteiger partial charge in [-0.3, -0.25) is 0 Å². The lowest BCUT2D eigenvalue weighted by molar-refractivity contribution is -0.0898. The third kappa shape index (κ3) is 3.31. The van der Waals surface area contributed by atoms with Gasteiger partial charge in [0.25, 0.3) is 0 Å². The van der Waals surface area contributed by atoms with Crippen LogP contribution in [0.1, 0.15) is 73.1 Å². The molecule has 0 aromatic heterocycles. The van der Waals surface area contributed by atoms with E-state index in [1.54, 1.807) is 0 Å². The van der Waals surface area contributed by atoms with Crippen LogP contribution in [0.15, 0.2) is 0 Å². The molecule has 2 heteroatoms. The summed E-state index contributed by atoms with van der Waals surface area (Å²) >= 11 is 0. The van der Waals surface area contributed by atoms with Crippen LogP contribution in [0.5, 0.6) is 0 Å². The van der Waals surface area contributed by atoms with Crippen molar-refractivity contribution >= 4 is 0 Å². The van der Waals surface area contributed by atoms with Crippen molar-refractivity contribution in [3.8, 4) is 0 Å². The van der Waals surface area contributed by atoms with E-state index in [0.29, 0.717) is 16.9 Å². The highest BCUT2D eigenvalue weighted by atomic mass is 15.0. The van der Waals surface area contributed by atoms with Crippen LogP contribution in [-0.4, -0.2) is 25.7 Å². The molecule has 2 nitrogen and oxygen atoms in total. The van der Waals surface area contributed by atoms with Gasteiger partial charge in [-0.1, -0.05) is 27.7 Å². The van der Waals surface area contributed by atoms with E-state index in [0.717, 1.165) is 42.1 Å². The molecule has 25 heavy (non-hydrogen) atoms. The average Bonchev–Trinajstić information content (AvgIpc) is 2.60. The molecule has 0 heterocycles. The van der Waals surface area contributed by atoms with Gasteiger partial charge < -0.3 is 10.6 Å². The second kappa shape index (κ2) is 6.51. The van der Waals surface area contributed by atoms with E-state index in [9.17, 15) is 0 Å². The first-order valence-electron chi connectivity index (χ1n) is 11.2. The lowest BCUT2D eigenvalue weighted by atomic mass is 9.47. The van der Waals surface area contributed by atoms with E-state index in [2.05, 4.69) is 45.3 Å². The van der Waals surface area contributed by atoms with E-state index in [4.69, 9.17) is 0 Å². The molecule has 0 radical (unpaired) electrons. The van der Waals surface area contributed by atoms with Gasteiger partial charge in [-0.15, -0.1) is 0 Å². The Morgan fingerprint density at radius 2 is 1.16 bits per heavy atom. The minimum absolute atomic E-state index is 0.612. The van der Waals surface area contributed by atoms with E-state index < -0.39 is 0 Å². The monoisotopic (exact) mass is 346 g/mol. The highest BCUT2D eigenvalue weighted by Gasteiger charge is 2.53. The van der Waals surface area contributed by atoms with Crippen molar-refractivity contribution in [2.75, 3.05) is 19.6 Å². The Labute approximate surface area is 156 Å². The lowest BCUT2D eigenvalue weighted by Crippen LogP contribution is -2.53. The minimum Gasteiger partial charge on any atom is -0.315 e. The molecular formula is C23H42N2. The predicted molar refractivity (Wildman–Crippen MR) is 107 cm³/mol. The fraction of sp³-hybridized carbons (Fsp3) is 1.00. The highest BCUT2D eigenvalue weighted by molar-refractivity contribution is 5.03. The molecule has 0 aliphatic heterocycles. The molecule has 0 aromatic carbocycles. The van der Waals surface area contributed by atoms with Crippen LogP contribution in [0.4, 0.5) is 0 Å². The van der Waals surface area contributed by atoms with Crippen molar-refractivity contribution in [3.63, 3.8) is 0 Å². The zero-order valence-corrected chi connectivity index (χ0v) is 17.4. The van der Waals surface area contributed by atoms with Gasteiger partial charge in [-0.2, -0.15) is 0 Å². The molecule has 0 saturated heterocycles. The van der Waals surface area contributed by atoms with Crippen LogP contribution in [0.2, 0.25) is 0 Å². The fourth-order valence-corrected chi connectivity index (χ4v) is 6.93. The van der Waals surface area contributed by atoms with E-state index in [-0.39, 0.29) is 0 Å². The van der Waals surface area contributed by atoms with Gasteiger partial charge >= 0.3 is 0 Å². The van der Waals surface area contributed by atoms with Gasteiger partial charge in [0.2, 0.25) is 0 Å². The molecule has 2 N–H and O–H groups in total. The van der Waals surface area contributed by atoms with Gasteiger partial charge in [0.1, 0.15) is 0 Å². The second-order valence-electron chi connectivity index (χ2n) is 11.5. The summed E-state index contributed by atoms with van der Waals surface area (Å²) in [5, 5.41) is 7.61. The quantitative estimate of drug-likeness (QED) is 0.698. The number of hydrogen-bond donors (Lipinski definition) is 2. The number of nitrogens with one attached hydrogen (secondary N) is 2. The number of rotatable bonds is 7. The smallest absolute Gasteiger partial charge is 0.0164 e. The first-order chi connectivity index (χ1) is 11.8. The third-order valence-electron chi connectivity index (χ3n) is 9.46. The number of fused-ring (bicyclic) bond motifs is 4. The molecular weight excluding hydrogens is 304 g/mol. The molecule has 6 fully saturated rings. The summed E-state index contributed by atoms with van der Waals surface area (Å²) in [6.45, 7) is 16.0. The topological polar surface area (TPSA) is 24.1 Å². The molecule has 6 saturated carbocycles. The fourth-order valence-electron chi connectivity index (χ4n) is 6.93. The van der Waals surface area contributed by atoms with Crippen LogP contribution in [0, 0.1) is 46.3 Å². The Kier molecular flexibility index (Phi) is 4.77. The maximum atomic E-state index is 3.83. The Morgan fingerprint density at radius 3 is 1.60 bits per heavy atom. The first-order valence-corrected chi connectivity index (χ1v) is 11.2. The largest absolute Gasteiger partial charge is 0.315 e. The zero-order valence-electron chi connectivity index (χ0n) is 17.4. The molecule has 6 aliphatic carbocycles. The molecule has 4 bridgehead atoms. The van der Waals surface area contributed by atoms with Gasteiger partial charge in [-0.05, 0) is 105 Å². The normalized spacial score (nSPS) is 44.5. The molecule has 6 aliphatic rings. The zero-order chi connectivity index (χ0) is 17.8. The summed E-state index contributed by atoms with van der Waals surface area (Å²) < 4.78 is 0. The van der Waals surface area contributed by atoms with Gasteiger partial charge in [0.15, 0.2) is 0 Å². The maximum absolute atomic E-state index is 3.83. The third-order valence-corrected chi connectivity index (χ3v) is 9.46. The van der Waals surface area contributed by atoms with Crippen molar-refractivity contribution < 1.29 is 0 Å². The molecule has 5 atom stereocenters. The molecule has 0 aromatic rings. The van der Waals surface area contributed by atoms with Crippen LogP contribution in [-0.2, 0) is 0 Å². The van der Waals surface area contributed by atoms with Crippen LogP contribution < -0.4 is 10.6 Å². The second-order valence-corrected chi connectivity index (χ2v) is 11.5. The summed E-state index contributed by atoms with van der Waals surface area (Å²) in [6.07, 6.45) is 8.91. The van der Waals surface area contributed by atoms with Gasteiger partial charge in [0.05, 0.1) is 0 Å². The van der Waals surface area contributed by atoms with E-state index in [1.807, 2.05) is 0 Å². The summed E-state index contributed by atoms with van der Waals surface area (Å²) in [4.78, 5) is 0. The van der Waals surface area contributed by atoms with Crippen molar-refractivity contribution in [2.24, 2.45) is 46.3 Å². The average molecular weight is 347 g/mol. The Hall–Kier alpha value is -0.0800. The molecule has 6 rings (SSSR count). The number of hydrogen-bond acceptors (Lipinski definition) is 2. The van der Waals surface area contributed by atoms with Gasteiger partial charge in [-0.25, -0.2) is 0 Å². The highest BCUT2D eigenvalue weighted by Crippen LogP contribution is 2.61. The summed E-state index contributed by atoms with van der Waals surface area (Å²) in [5.41, 5.74) is 1.31. The van der Waals surface area contributed by atoms with Crippen molar-refractivity contribution in [1.29, 1.82) is 0 Å². The minimum atomic E-state index is 0.612. The van der Waals surface area contributed by atoms with Crippen molar-refractivity contribution in [3.05, 3.63) is 0 Å². The van der Waals surface area contributed by atoms with E-state index >= 15 is 0 Å². The first kappa shape index (κ1) is 18.3. The Morgan fingerprint density at radius 1 is 0.720 bits per heavy atom. The molecule has 0 spiro atoms. The summed E-state index contributed by atoms with van der Waals surface area (Å²) in [5.74, 6) is 5.91. The molecule has 0 amide bonds. The van der Waals surface area contributed by atoms with Crippen molar-refractivity contribution in [2.45, 2.75) is 79.2 Å². The predicted octanol–water partition coefficient (Wildman–Crippen LogP) is 4.70. The SMILES string of the molecule is CC(CNCC1CC2CC(C1)C2(C)C)NCC1CC2CC(C1)C2(C)C. The molecule has 5 unspecified atom stereocenters. The van der Waals surface area contributed by atoms with Crippen LogP contribution in [0.3, 0.4) is 0 Å². The lowest BCUT2D eigenvalue weighted by Gasteiger charge is -2.59. The maximum Gasteiger partial charge on any atom is 0.0164 e. The molecule has 144 valence electrons. The van der Waals surface area contributed by atoms with E-state index in [1.165, 1.54) is 51.6 Å². The van der Waals surface area contributed by atoms with Crippen molar-refractivity contribution in [1.82, 2.24) is 10.6 Å². The Balaban J connectivity index is 1.09.